The third kappa shape index (κ3) is 3.67. The molecule has 0 atom stereocenters. The molecule has 0 saturated carbocycles. The summed E-state index contributed by atoms with van der Waals surface area (Å²) in [6.07, 6.45) is 6.45. The fourth-order valence-corrected chi connectivity index (χ4v) is 4.09. The van der Waals surface area contributed by atoms with Gasteiger partial charge in [0.1, 0.15) is 17.8 Å². The van der Waals surface area contributed by atoms with Crippen LogP contribution in [0.5, 0.6) is 5.75 Å². The van der Waals surface area contributed by atoms with Gasteiger partial charge in [-0.15, -0.1) is 5.10 Å². The van der Waals surface area contributed by atoms with Gasteiger partial charge in [-0.05, 0) is 25.1 Å². The Balaban J connectivity index is 1.45. The monoisotopic (exact) mass is 443 g/mol. The molecule has 0 spiro atoms. The van der Waals surface area contributed by atoms with E-state index in [0.29, 0.717) is 32.8 Å². The number of para-hydroxylation sites is 1. The lowest BCUT2D eigenvalue weighted by Gasteiger charge is -2.13. The zero-order valence-corrected chi connectivity index (χ0v) is 18.0. The van der Waals surface area contributed by atoms with Crippen molar-refractivity contribution in [2.45, 2.75) is 6.92 Å². The Hall–Kier alpha value is -4.18. The first-order valence-corrected chi connectivity index (χ1v) is 10.5. The average Bonchev–Trinajstić information content (AvgIpc) is 3.38. The number of ether oxygens (including phenoxy) is 1. The van der Waals surface area contributed by atoms with Crippen molar-refractivity contribution in [3.8, 4) is 28.3 Å². The normalized spacial score (nSPS) is 10.9. The van der Waals surface area contributed by atoms with E-state index in [1.54, 1.807) is 36.3 Å². The molecule has 10 heteroatoms. The Kier molecular flexibility index (Phi) is 5.04. The summed E-state index contributed by atoms with van der Waals surface area (Å²) in [6.45, 7) is 1.88. The number of nitrogens with zero attached hydrogens (tertiary/aromatic N) is 6. The molecule has 32 heavy (non-hydrogen) atoms. The minimum Gasteiger partial charge on any atom is -0.496 e. The molecule has 5 aromatic rings. The minimum absolute atomic E-state index is 0.313. The average molecular weight is 443 g/mol. The number of benzene rings is 1. The van der Waals surface area contributed by atoms with Crippen LogP contribution in [0.1, 0.15) is 16.1 Å². The van der Waals surface area contributed by atoms with Crippen LogP contribution >= 0.6 is 11.3 Å². The fourth-order valence-electron chi connectivity index (χ4n) is 3.31. The van der Waals surface area contributed by atoms with Gasteiger partial charge in [0, 0.05) is 29.2 Å². The van der Waals surface area contributed by atoms with Gasteiger partial charge in [0.25, 0.3) is 5.91 Å². The number of pyridine rings is 1. The third-order valence-electron chi connectivity index (χ3n) is 4.79. The van der Waals surface area contributed by atoms with Crippen LogP contribution in [0.3, 0.4) is 0 Å². The summed E-state index contributed by atoms with van der Waals surface area (Å²) < 4.78 is 7.10. The number of rotatable bonds is 5. The van der Waals surface area contributed by atoms with Crippen molar-refractivity contribution >= 4 is 27.3 Å². The van der Waals surface area contributed by atoms with E-state index in [1.807, 2.05) is 37.3 Å². The maximum atomic E-state index is 13.1. The molecule has 9 nitrogen and oxygen atoms in total. The highest BCUT2D eigenvalue weighted by Crippen LogP contribution is 2.33. The van der Waals surface area contributed by atoms with Crippen molar-refractivity contribution in [1.82, 2.24) is 29.5 Å². The number of aryl methyl sites for hydroxylation is 1. The van der Waals surface area contributed by atoms with Crippen molar-refractivity contribution in [3.63, 3.8) is 0 Å². The van der Waals surface area contributed by atoms with E-state index in [0.717, 1.165) is 16.8 Å². The van der Waals surface area contributed by atoms with E-state index in [-0.39, 0.29) is 5.91 Å². The summed E-state index contributed by atoms with van der Waals surface area (Å²) in [5, 5.41) is 7.72. The summed E-state index contributed by atoms with van der Waals surface area (Å²) in [7, 11) is 1.60. The van der Waals surface area contributed by atoms with Gasteiger partial charge >= 0.3 is 0 Å². The van der Waals surface area contributed by atoms with E-state index in [9.17, 15) is 4.79 Å². The molecule has 1 aromatic carbocycles. The molecule has 158 valence electrons. The zero-order valence-electron chi connectivity index (χ0n) is 17.2. The highest BCUT2D eigenvalue weighted by molar-refractivity contribution is 7.20. The van der Waals surface area contributed by atoms with Gasteiger partial charge < -0.3 is 4.74 Å². The van der Waals surface area contributed by atoms with Crippen molar-refractivity contribution in [2.75, 3.05) is 12.4 Å². The number of methoxy groups -OCH3 is 1. The summed E-state index contributed by atoms with van der Waals surface area (Å²) in [5.41, 5.74) is 4.16. The first kappa shape index (κ1) is 19.8. The number of amides is 1. The number of nitrogens with one attached hydrogen (secondary N) is 1. The lowest BCUT2D eigenvalue weighted by atomic mass is 9.99. The summed E-state index contributed by atoms with van der Waals surface area (Å²) in [6, 6.07) is 11.2. The molecule has 0 fully saturated rings. The van der Waals surface area contributed by atoms with Gasteiger partial charge in [-0.1, -0.05) is 29.5 Å². The molecule has 0 aliphatic carbocycles. The van der Waals surface area contributed by atoms with E-state index < -0.39 is 0 Å². The Bertz CT molecular complexity index is 1400. The van der Waals surface area contributed by atoms with E-state index in [4.69, 9.17) is 4.74 Å². The number of hydrogen-bond acceptors (Lipinski definition) is 8. The maximum absolute atomic E-state index is 13.1. The standard InChI is InChI=1S/C22H17N7O2S/c1-13-9-15(14-5-3-4-6-19(14)31-2)16(10-24-13)20(30)27-21-28-29-11-18(26-22(29)32-21)17-7-8-23-12-25-17/h3-12H,1-2H3,(H,27,28,30). The van der Waals surface area contributed by atoms with Crippen LogP contribution in [0.15, 0.2) is 61.3 Å². The lowest BCUT2D eigenvalue weighted by Crippen LogP contribution is -2.14. The zero-order chi connectivity index (χ0) is 22.1. The second-order valence-electron chi connectivity index (χ2n) is 6.88. The molecule has 0 saturated heterocycles. The van der Waals surface area contributed by atoms with E-state index >= 15 is 0 Å². The van der Waals surface area contributed by atoms with Gasteiger partial charge in [-0.2, -0.15) is 0 Å². The molecule has 0 radical (unpaired) electrons. The molecule has 0 aliphatic rings. The van der Waals surface area contributed by atoms with Crippen LogP contribution in [0.4, 0.5) is 5.13 Å². The number of fused-ring (bicyclic) bond motifs is 1. The van der Waals surface area contributed by atoms with Crippen LogP contribution in [0.2, 0.25) is 0 Å². The largest absolute Gasteiger partial charge is 0.496 e. The van der Waals surface area contributed by atoms with Gasteiger partial charge in [-0.3, -0.25) is 15.1 Å². The van der Waals surface area contributed by atoms with Crippen molar-refractivity contribution in [3.05, 3.63) is 72.6 Å². The number of imidazole rings is 1. The molecule has 4 aromatic heterocycles. The molecule has 5 rings (SSSR count). The van der Waals surface area contributed by atoms with Crippen LogP contribution in [-0.4, -0.2) is 42.6 Å². The van der Waals surface area contributed by atoms with Crippen LogP contribution in [-0.2, 0) is 0 Å². The van der Waals surface area contributed by atoms with E-state index in [2.05, 4.69) is 30.4 Å². The topological polar surface area (TPSA) is 107 Å². The number of carbonyl (C=O) groups is 1. The van der Waals surface area contributed by atoms with Crippen LogP contribution in [0, 0.1) is 6.92 Å². The SMILES string of the molecule is COc1ccccc1-c1cc(C)ncc1C(=O)Nc1nn2cc(-c3ccncn3)nc2s1. The number of anilines is 1. The molecule has 0 aliphatic heterocycles. The second-order valence-corrected chi connectivity index (χ2v) is 7.84. The summed E-state index contributed by atoms with van der Waals surface area (Å²) in [4.78, 5) is 30.7. The Labute approximate surface area is 186 Å². The molecule has 1 N–H and O–H groups in total. The quantitative estimate of drug-likeness (QED) is 0.439. The molecule has 0 bridgehead atoms. The van der Waals surface area contributed by atoms with Gasteiger partial charge in [-0.25, -0.2) is 19.5 Å². The second kappa shape index (κ2) is 8.16. The fraction of sp³-hybridized carbons (Fsp3) is 0.0909. The minimum atomic E-state index is -0.313. The number of hydrogen-bond donors (Lipinski definition) is 1. The summed E-state index contributed by atoms with van der Waals surface area (Å²) in [5.74, 6) is 0.364. The first-order valence-electron chi connectivity index (χ1n) is 9.66. The maximum Gasteiger partial charge on any atom is 0.259 e. The Morgan fingerprint density at radius 1 is 1.12 bits per heavy atom. The third-order valence-corrected chi connectivity index (χ3v) is 5.63. The Morgan fingerprint density at radius 3 is 2.78 bits per heavy atom. The molecule has 1 amide bonds. The molecule has 4 heterocycles. The first-order chi connectivity index (χ1) is 15.6. The Morgan fingerprint density at radius 2 is 2.00 bits per heavy atom. The van der Waals surface area contributed by atoms with Crippen LogP contribution in [0.25, 0.3) is 27.5 Å². The van der Waals surface area contributed by atoms with Crippen molar-refractivity contribution in [1.29, 1.82) is 0 Å². The smallest absolute Gasteiger partial charge is 0.259 e. The number of carbonyl (C=O) groups excluding carboxylic acids is 1. The van der Waals surface area contributed by atoms with Crippen molar-refractivity contribution < 1.29 is 9.53 Å². The highest BCUT2D eigenvalue weighted by atomic mass is 32.1. The molecular formula is C22H17N7O2S. The lowest BCUT2D eigenvalue weighted by molar-refractivity contribution is 0.102. The van der Waals surface area contributed by atoms with Crippen molar-refractivity contribution in [2.24, 2.45) is 0 Å². The predicted molar refractivity (Wildman–Crippen MR) is 121 cm³/mol. The predicted octanol–water partition coefficient (Wildman–Crippen LogP) is 3.88. The van der Waals surface area contributed by atoms with Gasteiger partial charge in [0.05, 0.1) is 24.6 Å². The van der Waals surface area contributed by atoms with Crippen LogP contribution < -0.4 is 10.1 Å². The molecular weight excluding hydrogens is 426 g/mol. The van der Waals surface area contributed by atoms with Gasteiger partial charge in [0.2, 0.25) is 10.1 Å². The molecule has 0 unspecified atom stereocenters. The number of aromatic nitrogens is 6. The van der Waals surface area contributed by atoms with Gasteiger partial charge in [0.15, 0.2) is 0 Å². The van der Waals surface area contributed by atoms with E-state index in [1.165, 1.54) is 17.7 Å². The highest BCUT2D eigenvalue weighted by Gasteiger charge is 2.19. The summed E-state index contributed by atoms with van der Waals surface area (Å²) >= 11 is 1.27.